The molecule has 0 radical (unpaired) electrons. The van der Waals surface area contributed by atoms with Gasteiger partial charge in [0.2, 0.25) is 10.0 Å². The lowest BCUT2D eigenvalue weighted by Gasteiger charge is -2.23. The van der Waals surface area contributed by atoms with Crippen LogP contribution < -0.4 is 0 Å². The van der Waals surface area contributed by atoms with Crippen molar-refractivity contribution in [2.24, 2.45) is 0 Å². The number of hydrogen-bond donors (Lipinski definition) is 0. The van der Waals surface area contributed by atoms with Gasteiger partial charge in [0, 0.05) is 11.4 Å². The van der Waals surface area contributed by atoms with Gasteiger partial charge in [0.05, 0.1) is 22.6 Å². The first-order valence-electron chi connectivity index (χ1n) is 6.68. The van der Waals surface area contributed by atoms with Gasteiger partial charge in [-0.05, 0) is 42.5 Å². The molecule has 6 heteroatoms. The average molecular weight is 318 g/mol. The molecule has 0 bridgehead atoms. The summed E-state index contributed by atoms with van der Waals surface area (Å²) < 4.78 is 27.2. The topological polar surface area (TPSA) is 61.2 Å². The third-order valence-electron chi connectivity index (χ3n) is 3.65. The van der Waals surface area contributed by atoms with Crippen molar-refractivity contribution >= 4 is 21.4 Å². The van der Waals surface area contributed by atoms with Crippen LogP contribution in [-0.4, -0.2) is 19.3 Å². The zero-order valence-corrected chi connectivity index (χ0v) is 12.9. The molecular weight excluding hydrogens is 304 g/mol. The minimum absolute atomic E-state index is 0.0826. The monoisotopic (exact) mass is 318 g/mol. The summed E-state index contributed by atoms with van der Waals surface area (Å²) in [5, 5.41) is 10.9. The lowest BCUT2D eigenvalue weighted by atomic mass is 10.2. The lowest BCUT2D eigenvalue weighted by Crippen LogP contribution is -2.30. The number of nitriles is 1. The van der Waals surface area contributed by atoms with E-state index in [-0.39, 0.29) is 10.9 Å². The van der Waals surface area contributed by atoms with Crippen LogP contribution in [0.1, 0.15) is 29.3 Å². The Morgan fingerprint density at radius 3 is 2.86 bits per heavy atom. The van der Waals surface area contributed by atoms with Gasteiger partial charge < -0.3 is 0 Å². The summed E-state index contributed by atoms with van der Waals surface area (Å²) in [4.78, 5) is 1.28. The maximum absolute atomic E-state index is 12.8. The number of nitrogens with zero attached hydrogens (tertiary/aromatic N) is 2. The lowest BCUT2D eigenvalue weighted by molar-refractivity contribution is 0.401. The zero-order valence-electron chi connectivity index (χ0n) is 11.3. The van der Waals surface area contributed by atoms with E-state index < -0.39 is 10.0 Å². The van der Waals surface area contributed by atoms with Crippen molar-refractivity contribution < 1.29 is 8.42 Å². The van der Waals surface area contributed by atoms with Gasteiger partial charge in [-0.25, -0.2) is 8.42 Å². The second kappa shape index (κ2) is 5.60. The average Bonchev–Trinajstić information content (AvgIpc) is 3.17. The molecule has 1 aliphatic rings. The highest BCUT2D eigenvalue weighted by molar-refractivity contribution is 7.89. The Balaban J connectivity index is 1.99. The third-order valence-corrected chi connectivity index (χ3v) is 6.52. The Hall–Kier alpha value is -1.68. The van der Waals surface area contributed by atoms with Crippen molar-refractivity contribution in [1.29, 1.82) is 5.26 Å². The number of thiophene rings is 1. The molecule has 0 amide bonds. The molecule has 0 unspecified atom stereocenters. The van der Waals surface area contributed by atoms with Crippen molar-refractivity contribution in [3.8, 4) is 6.07 Å². The fourth-order valence-corrected chi connectivity index (χ4v) is 5.32. The SMILES string of the molecule is N#Cc1cccc(S(=O)(=O)N2CCC[C@H]2c2cccs2)c1. The van der Waals surface area contributed by atoms with Gasteiger partial charge in [0.1, 0.15) is 0 Å². The number of sulfonamides is 1. The number of hydrogen-bond acceptors (Lipinski definition) is 4. The molecule has 1 fully saturated rings. The molecule has 0 spiro atoms. The van der Waals surface area contributed by atoms with Crippen LogP contribution in [0.4, 0.5) is 0 Å². The fraction of sp³-hybridized carbons (Fsp3) is 0.267. The largest absolute Gasteiger partial charge is 0.243 e. The Morgan fingerprint density at radius 2 is 2.14 bits per heavy atom. The molecule has 3 rings (SSSR count). The first kappa shape index (κ1) is 14.3. The highest BCUT2D eigenvalue weighted by atomic mass is 32.2. The van der Waals surface area contributed by atoms with Gasteiger partial charge in [0.25, 0.3) is 0 Å². The van der Waals surface area contributed by atoms with E-state index in [1.807, 2.05) is 23.6 Å². The van der Waals surface area contributed by atoms with E-state index in [9.17, 15) is 8.42 Å². The van der Waals surface area contributed by atoms with Gasteiger partial charge in [-0.2, -0.15) is 9.57 Å². The van der Waals surface area contributed by atoms with Crippen LogP contribution in [-0.2, 0) is 10.0 Å². The Kier molecular flexibility index (Phi) is 3.81. The van der Waals surface area contributed by atoms with Crippen LogP contribution in [0.5, 0.6) is 0 Å². The van der Waals surface area contributed by atoms with Gasteiger partial charge in [-0.15, -0.1) is 11.3 Å². The maximum Gasteiger partial charge on any atom is 0.243 e. The summed E-state index contributed by atoms with van der Waals surface area (Å²) in [5.74, 6) is 0. The molecule has 0 aliphatic carbocycles. The molecular formula is C15H14N2O2S2. The van der Waals surface area contributed by atoms with Crippen LogP contribution in [0.25, 0.3) is 0 Å². The van der Waals surface area contributed by atoms with Crippen LogP contribution in [0, 0.1) is 11.3 Å². The minimum atomic E-state index is -3.56. The fourth-order valence-electron chi connectivity index (χ4n) is 2.65. The standard InChI is InChI=1S/C15H14N2O2S2/c16-11-12-4-1-5-13(10-12)21(18,19)17-8-2-6-14(17)15-7-3-9-20-15/h1,3-5,7,9-10,14H,2,6,8H2/t14-/m0/s1. The van der Waals surface area contributed by atoms with E-state index in [1.165, 1.54) is 6.07 Å². The third kappa shape index (κ3) is 2.60. The Labute approximate surface area is 128 Å². The van der Waals surface area contributed by atoms with Gasteiger partial charge in [0.15, 0.2) is 0 Å². The molecule has 0 N–H and O–H groups in total. The summed E-state index contributed by atoms with van der Waals surface area (Å²) in [6.45, 7) is 0.529. The molecule has 2 heterocycles. The predicted octanol–water partition coefficient (Wildman–Crippen LogP) is 3.15. The molecule has 4 nitrogen and oxygen atoms in total. The Morgan fingerprint density at radius 1 is 1.29 bits per heavy atom. The van der Waals surface area contributed by atoms with Gasteiger partial charge in [-0.1, -0.05) is 12.1 Å². The van der Waals surface area contributed by atoms with E-state index in [0.717, 1.165) is 17.7 Å². The zero-order chi connectivity index (χ0) is 14.9. The van der Waals surface area contributed by atoms with E-state index in [2.05, 4.69) is 0 Å². The summed E-state index contributed by atoms with van der Waals surface area (Å²) in [6.07, 6.45) is 1.71. The van der Waals surface area contributed by atoms with Gasteiger partial charge >= 0.3 is 0 Å². The predicted molar refractivity (Wildman–Crippen MR) is 81.3 cm³/mol. The number of benzene rings is 1. The summed E-state index contributed by atoms with van der Waals surface area (Å²) in [6, 6.07) is 12.1. The molecule has 1 saturated heterocycles. The summed E-state index contributed by atoms with van der Waals surface area (Å²) in [5.41, 5.74) is 0.364. The van der Waals surface area contributed by atoms with E-state index in [4.69, 9.17) is 5.26 Å². The normalized spacial score (nSPS) is 19.5. The quantitative estimate of drug-likeness (QED) is 0.873. The Bertz CT molecular complexity index is 776. The van der Waals surface area contributed by atoms with Crippen molar-refractivity contribution in [2.45, 2.75) is 23.8 Å². The summed E-state index contributed by atoms with van der Waals surface area (Å²) in [7, 11) is -3.56. The highest BCUT2D eigenvalue weighted by Crippen LogP contribution is 2.38. The van der Waals surface area contributed by atoms with E-state index in [1.54, 1.807) is 33.8 Å². The molecule has 1 aliphatic heterocycles. The molecule has 1 aromatic carbocycles. The highest BCUT2D eigenvalue weighted by Gasteiger charge is 2.36. The van der Waals surface area contributed by atoms with Gasteiger partial charge in [-0.3, -0.25) is 0 Å². The maximum atomic E-state index is 12.8. The second-order valence-corrected chi connectivity index (χ2v) is 7.80. The van der Waals surface area contributed by atoms with Crippen LogP contribution in [0.3, 0.4) is 0 Å². The van der Waals surface area contributed by atoms with Crippen LogP contribution in [0.2, 0.25) is 0 Å². The minimum Gasteiger partial charge on any atom is -0.207 e. The smallest absolute Gasteiger partial charge is 0.207 e. The number of rotatable bonds is 3. The molecule has 21 heavy (non-hydrogen) atoms. The molecule has 0 saturated carbocycles. The molecule has 1 atom stereocenters. The first-order valence-corrected chi connectivity index (χ1v) is 9.00. The van der Waals surface area contributed by atoms with Crippen molar-refractivity contribution in [1.82, 2.24) is 4.31 Å². The van der Waals surface area contributed by atoms with Crippen LogP contribution >= 0.6 is 11.3 Å². The van der Waals surface area contributed by atoms with Crippen molar-refractivity contribution in [2.75, 3.05) is 6.54 Å². The first-order chi connectivity index (χ1) is 10.1. The van der Waals surface area contributed by atoms with Crippen molar-refractivity contribution in [3.05, 3.63) is 52.2 Å². The molecule has 108 valence electrons. The van der Waals surface area contributed by atoms with Crippen LogP contribution in [0.15, 0.2) is 46.7 Å². The second-order valence-electron chi connectivity index (χ2n) is 4.93. The van der Waals surface area contributed by atoms with Crippen molar-refractivity contribution in [3.63, 3.8) is 0 Å². The van der Waals surface area contributed by atoms with E-state index >= 15 is 0 Å². The summed E-state index contributed by atoms with van der Waals surface area (Å²) >= 11 is 1.58. The molecule has 2 aromatic rings. The molecule has 1 aromatic heterocycles. The van der Waals surface area contributed by atoms with E-state index in [0.29, 0.717) is 12.1 Å².